The maximum atomic E-state index is 14.3. The van der Waals surface area contributed by atoms with Crippen LogP contribution in [0.3, 0.4) is 0 Å². The first-order chi connectivity index (χ1) is 20.4. The summed E-state index contributed by atoms with van der Waals surface area (Å²) < 4.78 is 28.6. The van der Waals surface area contributed by atoms with E-state index >= 15 is 0 Å². The summed E-state index contributed by atoms with van der Waals surface area (Å²) in [7, 11) is 0. The molecule has 1 fully saturated rings. The number of nitrogens with two attached hydrogens (primary N) is 1. The molecule has 232 valence electrons. The van der Waals surface area contributed by atoms with Gasteiger partial charge in [-0.2, -0.15) is 0 Å². The Morgan fingerprint density at radius 1 is 1.05 bits per heavy atom. The van der Waals surface area contributed by atoms with Crippen LogP contribution in [0.2, 0.25) is 0 Å². The number of hydrogen-bond donors (Lipinski definition) is 3. The maximum absolute atomic E-state index is 14.3. The number of carbonyl (C=O) groups excluding carboxylic acids is 2. The number of nitrogens with zero attached hydrogens (tertiary/aromatic N) is 1. The first-order valence-electron chi connectivity index (χ1n) is 15.4. The molecule has 0 bridgehead atoms. The molecular formula is C35H45F2N3O3. The van der Waals surface area contributed by atoms with E-state index < -0.39 is 35.0 Å². The molecule has 0 radical (unpaired) electrons. The lowest BCUT2D eigenvalue weighted by Gasteiger charge is -2.42. The van der Waals surface area contributed by atoms with E-state index in [1.165, 1.54) is 12.1 Å². The van der Waals surface area contributed by atoms with Gasteiger partial charge in [0.2, 0.25) is 11.8 Å². The molecule has 0 aromatic heterocycles. The van der Waals surface area contributed by atoms with Crippen molar-refractivity contribution in [3.05, 3.63) is 94.1 Å². The third-order valence-electron chi connectivity index (χ3n) is 8.85. The van der Waals surface area contributed by atoms with Crippen LogP contribution in [0.15, 0.2) is 65.8 Å². The van der Waals surface area contributed by atoms with Crippen molar-refractivity contribution >= 4 is 11.8 Å². The van der Waals surface area contributed by atoms with Gasteiger partial charge in [0.15, 0.2) is 0 Å². The highest BCUT2D eigenvalue weighted by molar-refractivity contribution is 5.97. The van der Waals surface area contributed by atoms with Crippen molar-refractivity contribution in [3.63, 3.8) is 0 Å². The van der Waals surface area contributed by atoms with Gasteiger partial charge in [0, 0.05) is 42.7 Å². The van der Waals surface area contributed by atoms with Gasteiger partial charge < -0.3 is 21.1 Å². The summed E-state index contributed by atoms with van der Waals surface area (Å²) in [5.41, 5.74) is 8.09. The van der Waals surface area contributed by atoms with E-state index in [1.54, 1.807) is 24.0 Å². The second kappa shape index (κ2) is 13.5. The van der Waals surface area contributed by atoms with Crippen LogP contribution in [-0.4, -0.2) is 47.6 Å². The van der Waals surface area contributed by atoms with Crippen LogP contribution in [0.25, 0.3) is 0 Å². The maximum Gasteiger partial charge on any atom is 0.249 e. The molecule has 0 spiro atoms. The third kappa shape index (κ3) is 7.42. The number of carbonyl (C=O) groups is 2. The molecule has 2 aromatic rings. The monoisotopic (exact) mass is 593 g/mol. The van der Waals surface area contributed by atoms with Gasteiger partial charge in [-0.15, -0.1) is 0 Å². The Bertz CT molecular complexity index is 1370. The minimum absolute atomic E-state index is 0.00895. The zero-order valence-corrected chi connectivity index (χ0v) is 25.8. The highest BCUT2D eigenvalue weighted by Crippen LogP contribution is 2.47. The van der Waals surface area contributed by atoms with Crippen molar-refractivity contribution in [1.82, 2.24) is 10.2 Å². The SMILES string of the molecule is CCCN(CCC)C(=O)C1=CC(C)=CC(C(N)=O)([C@H](Cc2cc(F)cc(F)c2)[C@@H](O)CNC2(c3cccc(C)c3)CC2)C1. The molecule has 4 rings (SSSR count). The summed E-state index contributed by atoms with van der Waals surface area (Å²) in [5, 5.41) is 15.4. The minimum atomic E-state index is -1.46. The number of nitrogens with one attached hydrogen (secondary N) is 1. The fourth-order valence-corrected chi connectivity index (χ4v) is 6.64. The molecule has 0 saturated heterocycles. The molecule has 2 aliphatic rings. The van der Waals surface area contributed by atoms with Crippen LogP contribution in [0.1, 0.15) is 69.6 Å². The number of allylic oxidation sites excluding steroid dienone is 2. The van der Waals surface area contributed by atoms with Crippen molar-refractivity contribution < 1.29 is 23.5 Å². The molecule has 8 heteroatoms. The van der Waals surface area contributed by atoms with Crippen molar-refractivity contribution in [1.29, 1.82) is 0 Å². The molecule has 2 aromatic carbocycles. The number of aliphatic hydroxyl groups is 1. The number of halogens is 2. The third-order valence-corrected chi connectivity index (χ3v) is 8.85. The van der Waals surface area contributed by atoms with Crippen LogP contribution in [0.5, 0.6) is 0 Å². The molecule has 1 saturated carbocycles. The van der Waals surface area contributed by atoms with E-state index in [0.29, 0.717) is 29.8 Å². The molecular weight excluding hydrogens is 548 g/mol. The summed E-state index contributed by atoms with van der Waals surface area (Å²) >= 11 is 0. The largest absolute Gasteiger partial charge is 0.391 e. The van der Waals surface area contributed by atoms with Crippen LogP contribution in [0, 0.1) is 29.9 Å². The van der Waals surface area contributed by atoms with Crippen molar-refractivity contribution in [2.75, 3.05) is 19.6 Å². The molecule has 1 unspecified atom stereocenters. The van der Waals surface area contributed by atoms with Crippen molar-refractivity contribution in [2.24, 2.45) is 17.1 Å². The van der Waals surface area contributed by atoms with Gasteiger partial charge in [-0.05, 0) is 75.6 Å². The summed E-state index contributed by atoms with van der Waals surface area (Å²) in [6.07, 6.45) is 5.73. The Balaban J connectivity index is 1.70. The highest BCUT2D eigenvalue weighted by atomic mass is 19.1. The van der Waals surface area contributed by atoms with Gasteiger partial charge in [-0.3, -0.25) is 9.59 Å². The smallest absolute Gasteiger partial charge is 0.249 e. The Morgan fingerprint density at radius 2 is 1.70 bits per heavy atom. The van der Waals surface area contributed by atoms with Gasteiger partial charge in [-0.1, -0.05) is 61.4 Å². The lowest BCUT2D eigenvalue weighted by molar-refractivity contribution is -0.132. The molecule has 3 atom stereocenters. The van der Waals surface area contributed by atoms with Gasteiger partial charge >= 0.3 is 0 Å². The second-order valence-corrected chi connectivity index (χ2v) is 12.4. The van der Waals surface area contributed by atoms with Crippen LogP contribution in [-0.2, 0) is 21.5 Å². The Morgan fingerprint density at radius 3 is 2.26 bits per heavy atom. The van der Waals surface area contributed by atoms with Gasteiger partial charge in [0.05, 0.1) is 11.5 Å². The van der Waals surface area contributed by atoms with Crippen LogP contribution >= 0.6 is 0 Å². The van der Waals surface area contributed by atoms with Crippen molar-refractivity contribution in [3.8, 4) is 0 Å². The van der Waals surface area contributed by atoms with Gasteiger partial charge in [0.25, 0.3) is 0 Å². The number of primary amides is 1. The molecule has 2 aliphatic carbocycles. The highest BCUT2D eigenvalue weighted by Gasteiger charge is 2.50. The van der Waals surface area contributed by atoms with E-state index in [4.69, 9.17) is 5.73 Å². The topological polar surface area (TPSA) is 95.7 Å². The normalized spacial score (nSPS) is 20.5. The lowest BCUT2D eigenvalue weighted by atomic mass is 9.63. The first-order valence-corrected chi connectivity index (χ1v) is 15.4. The average Bonchev–Trinajstić information content (AvgIpc) is 3.74. The van der Waals surface area contributed by atoms with Gasteiger partial charge in [-0.25, -0.2) is 8.78 Å². The molecule has 43 heavy (non-hydrogen) atoms. The molecule has 2 amide bonds. The fourth-order valence-electron chi connectivity index (χ4n) is 6.64. The lowest BCUT2D eigenvalue weighted by Crippen LogP contribution is -2.52. The predicted octanol–water partition coefficient (Wildman–Crippen LogP) is 5.47. The number of benzene rings is 2. The van der Waals surface area contributed by atoms with E-state index in [9.17, 15) is 23.5 Å². The number of aliphatic hydroxyl groups excluding tert-OH is 1. The average molecular weight is 594 g/mol. The van der Waals surface area contributed by atoms with Gasteiger partial charge in [0.1, 0.15) is 11.6 Å². The summed E-state index contributed by atoms with van der Waals surface area (Å²) in [6.45, 7) is 9.13. The zero-order valence-electron chi connectivity index (χ0n) is 25.8. The summed E-state index contributed by atoms with van der Waals surface area (Å²) in [4.78, 5) is 29.0. The molecule has 4 N–H and O–H groups in total. The van der Waals surface area contributed by atoms with Crippen LogP contribution < -0.4 is 11.1 Å². The Labute approximate surface area is 254 Å². The number of amides is 2. The molecule has 6 nitrogen and oxygen atoms in total. The summed E-state index contributed by atoms with van der Waals surface area (Å²) in [5.74, 6) is -3.22. The fraction of sp³-hybridized carbons (Fsp3) is 0.486. The van der Waals surface area contributed by atoms with E-state index in [0.717, 1.165) is 42.9 Å². The second-order valence-electron chi connectivity index (χ2n) is 12.4. The number of hydrogen-bond acceptors (Lipinski definition) is 4. The standard InChI is InChI=1S/C35H45F2N3O3/c1-5-12-40(13-6-2)32(42)26-14-24(4)20-34(21-26,33(38)43)30(18-25-16-28(36)19-29(37)17-25)31(41)22-39-35(10-11-35)27-9-7-8-23(3)15-27/h7-9,14-17,19-20,30-31,39,41H,5-6,10-13,18,21-22H2,1-4H3,(H2,38,43)/t30-,31+,34?/m1/s1. The van der Waals surface area contributed by atoms with E-state index in [-0.39, 0.29) is 30.8 Å². The van der Waals surface area contributed by atoms with Crippen molar-refractivity contribution in [2.45, 2.75) is 77.9 Å². The van der Waals surface area contributed by atoms with E-state index in [1.807, 2.05) is 32.9 Å². The molecule has 0 aliphatic heterocycles. The molecule has 0 heterocycles. The first kappa shape index (κ1) is 32.6. The summed E-state index contributed by atoms with van der Waals surface area (Å²) in [6, 6.07) is 11.4. The van der Waals surface area contributed by atoms with Crippen LogP contribution in [0.4, 0.5) is 8.78 Å². The predicted molar refractivity (Wildman–Crippen MR) is 165 cm³/mol. The number of aryl methyl sites for hydroxylation is 1. The Hall–Kier alpha value is -3.36. The quantitative estimate of drug-likeness (QED) is 0.271. The Kier molecular flexibility index (Phi) is 10.2. The number of rotatable bonds is 14. The zero-order chi connectivity index (χ0) is 31.4. The van der Waals surface area contributed by atoms with E-state index in [2.05, 4.69) is 17.4 Å². The minimum Gasteiger partial charge on any atom is -0.391 e.